The summed E-state index contributed by atoms with van der Waals surface area (Å²) >= 11 is 0. The number of hydrogen-bond acceptors (Lipinski definition) is 7. The molecule has 5 aromatic rings. The minimum Gasteiger partial charge on any atom is -0.378 e. The summed E-state index contributed by atoms with van der Waals surface area (Å²) in [7, 11) is 0. The molecule has 1 aliphatic rings. The highest BCUT2D eigenvalue weighted by Gasteiger charge is 2.21. The first-order chi connectivity index (χ1) is 16.2. The number of fused-ring (bicyclic) bond motifs is 1. The summed E-state index contributed by atoms with van der Waals surface area (Å²) in [6.45, 7) is 4.84. The molecule has 0 amide bonds. The highest BCUT2D eigenvalue weighted by atomic mass is 16.5. The first-order valence-electron chi connectivity index (χ1n) is 10.9. The van der Waals surface area contributed by atoms with Gasteiger partial charge in [-0.15, -0.1) is 0 Å². The van der Waals surface area contributed by atoms with E-state index < -0.39 is 0 Å². The lowest BCUT2D eigenvalue weighted by Gasteiger charge is -2.27. The van der Waals surface area contributed by atoms with Crippen LogP contribution in [0.25, 0.3) is 34.2 Å². The molecule has 1 fully saturated rings. The zero-order valence-electron chi connectivity index (χ0n) is 18.2. The van der Waals surface area contributed by atoms with E-state index in [1.165, 1.54) is 5.56 Å². The van der Waals surface area contributed by atoms with E-state index in [4.69, 9.17) is 24.9 Å². The third-order valence-electron chi connectivity index (χ3n) is 5.62. The lowest BCUT2D eigenvalue weighted by Crippen LogP contribution is -2.38. The predicted octanol–water partition coefficient (Wildman–Crippen LogP) is 3.18. The smallest absolute Gasteiger partial charge is 0.255 e. The fourth-order valence-corrected chi connectivity index (χ4v) is 3.97. The zero-order chi connectivity index (χ0) is 22.2. The lowest BCUT2D eigenvalue weighted by atomic mass is 10.1. The number of hydrogen-bond donors (Lipinski definition) is 0. The van der Waals surface area contributed by atoms with E-state index >= 15 is 0 Å². The molecular weight excluding hydrogens is 416 g/mol. The number of nitrogens with zero attached hydrogens (tertiary/aromatic N) is 8. The number of aryl methyl sites for hydroxylation is 1. The Labute approximate surface area is 190 Å². The molecule has 0 aliphatic carbocycles. The van der Waals surface area contributed by atoms with Crippen molar-refractivity contribution >= 4 is 11.6 Å². The van der Waals surface area contributed by atoms with Gasteiger partial charge in [0.15, 0.2) is 5.65 Å². The Morgan fingerprint density at radius 1 is 0.848 bits per heavy atom. The van der Waals surface area contributed by atoms with Gasteiger partial charge in [0.2, 0.25) is 5.95 Å². The molecule has 6 rings (SSSR count). The molecular formula is C24H22N8O. The highest BCUT2D eigenvalue weighted by molar-refractivity contribution is 5.63. The summed E-state index contributed by atoms with van der Waals surface area (Å²) in [4.78, 5) is 16.2. The van der Waals surface area contributed by atoms with Crippen LogP contribution in [-0.2, 0) is 4.74 Å². The molecule has 5 heterocycles. The molecule has 0 bridgehead atoms. The van der Waals surface area contributed by atoms with E-state index in [1.807, 2.05) is 42.6 Å². The van der Waals surface area contributed by atoms with Gasteiger partial charge < -0.3 is 9.64 Å². The minimum absolute atomic E-state index is 0.496. The van der Waals surface area contributed by atoms with Crippen molar-refractivity contribution in [1.29, 1.82) is 0 Å². The number of pyridine rings is 1. The molecule has 4 aromatic heterocycles. The second kappa shape index (κ2) is 8.10. The Bertz CT molecular complexity index is 1420. The molecule has 9 nitrogen and oxygen atoms in total. The van der Waals surface area contributed by atoms with Gasteiger partial charge in [-0.2, -0.15) is 24.7 Å². The Hall–Kier alpha value is -4.11. The molecule has 9 heteroatoms. The Balaban J connectivity index is 1.47. The van der Waals surface area contributed by atoms with E-state index in [-0.39, 0.29) is 0 Å². The largest absolute Gasteiger partial charge is 0.378 e. The van der Waals surface area contributed by atoms with Gasteiger partial charge in [-0.1, -0.05) is 29.8 Å². The van der Waals surface area contributed by atoms with Crippen LogP contribution >= 0.6 is 0 Å². The van der Waals surface area contributed by atoms with Gasteiger partial charge in [0.25, 0.3) is 5.95 Å². The molecule has 0 spiro atoms. The van der Waals surface area contributed by atoms with Crippen LogP contribution < -0.4 is 4.90 Å². The number of rotatable bonds is 4. The lowest BCUT2D eigenvalue weighted by molar-refractivity contribution is 0.121. The topological polar surface area (TPSA) is 86.3 Å². The van der Waals surface area contributed by atoms with E-state index in [0.717, 1.165) is 35.7 Å². The average molecular weight is 438 g/mol. The second-order valence-electron chi connectivity index (χ2n) is 7.95. The summed E-state index contributed by atoms with van der Waals surface area (Å²) in [5, 5.41) is 9.53. The van der Waals surface area contributed by atoms with Crippen molar-refractivity contribution in [3.63, 3.8) is 0 Å². The Morgan fingerprint density at radius 2 is 1.76 bits per heavy atom. The van der Waals surface area contributed by atoms with Crippen molar-refractivity contribution in [2.24, 2.45) is 0 Å². The summed E-state index contributed by atoms with van der Waals surface area (Å²) in [6, 6.07) is 18.0. The van der Waals surface area contributed by atoms with Crippen LogP contribution in [0, 0.1) is 6.92 Å². The minimum atomic E-state index is 0.496. The molecule has 0 atom stereocenters. The van der Waals surface area contributed by atoms with Gasteiger partial charge in [-0.25, -0.2) is 4.68 Å². The van der Waals surface area contributed by atoms with Crippen LogP contribution in [0.1, 0.15) is 5.56 Å². The first kappa shape index (κ1) is 19.6. The van der Waals surface area contributed by atoms with Crippen molar-refractivity contribution in [1.82, 2.24) is 34.3 Å². The van der Waals surface area contributed by atoms with Gasteiger partial charge in [0.1, 0.15) is 5.69 Å². The maximum atomic E-state index is 5.54. The predicted molar refractivity (Wildman–Crippen MR) is 124 cm³/mol. The summed E-state index contributed by atoms with van der Waals surface area (Å²) in [6.07, 6.45) is 3.65. The van der Waals surface area contributed by atoms with Gasteiger partial charge in [-0.3, -0.25) is 4.98 Å². The van der Waals surface area contributed by atoms with Crippen molar-refractivity contribution in [2.45, 2.75) is 6.92 Å². The van der Waals surface area contributed by atoms with Gasteiger partial charge in [0.05, 0.1) is 24.6 Å². The van der Waals surface area contributed by atoms with Crippen molar-refractivity contribution < 1.29 is 4.74 Å². The van der Waals surface area contributed by atoms with Crippen LogP contribution in [0.3, 0.4) is 0 Å². The molecule has 1 aliphatic heterocycles. The van der Waals surface area contributed by atoms with Gasteiger partial charge in [-0.05, 0) is 31.2 Å². The molecule has 0 radical (unpaired) electrons. The maximum absolute atomic E-state index is 5.54. The van der Waals surface area contributed by atoms with E-state index in [1.54, 1.807) is 15.4 Å². The van der Waals surface area contributed by atoms with Crippen LogP contribution in [0.4, 0.5) is 5.95 Å². The quantitative estimate of drug-likeness (QED) is 0.426. The normalized spacial score (nSPS) is 14.2. The van der Waals surface area contributed by atoms with Crippen LogP contribution in [0.5, 0.6) is 0 Å². The van der Waals surface area contributed by atoms with Crippen LogP contribution in [0.2, 0.25) is 0 Å². The third kappa shape index (κ3) is 3.72. The summed E-state index contributed by atoms with van der Waals surface area (Å²) < 4.78 is 9.04. The monoisotopic (exact) mass is 438 g/mol. The SMILES string of the molecule is Cc1cccc(-c2ccn(-c3nc(N4CCOCC4)n4nc(-c5ccccn5)cc4n3)n2)c1. The van der Waals surface area contributed by atoms with Crippen LogP contribution in [0.15, 0.2) is 67.0 Å². The van der Waals surface area contributed by atoms with Crippen LogP contribution in [-0.4, -0.2) is 60.6 Å². The molecule has 1 aromatic carbocycles. The molecule has 0 unspecified atom stereocenters. The zero-order valence-corrected chi connectivity index (χ0v) is 18.2. The number of morpholine rings is 1. The third-order valence-corrected chi connectivity index (χ3v) is 5.62. The highest BCUT2D eigenvalue weighted by Crippen LogP contribution is 2.23. The molecule has 0 saturated carbocycles. The summed E-state index contributed by atoms with van der Waals surface area (Å²) in [5.74, 6) is 1.21. The summed E-state index contributed by atoms with van der Waals surface area (Å²) in [5.41, 5.74) is 5.35. The molecule has 33 heavy (non-hydrogen) atoms. The number of aromatic nitrogens is 7. The van der Waals surface area contributed by atoms with E-state index in [2.05, 4.69) is 35.0 Å². The van der Waals surface area contributed by atoms with Crippen molar-refractivity contribution in [3.8, 4) is 28.6 Å². The number of ether oxygens (including phenoxy) is 1. The van der Waals surface area contributed by atoms with Crippen molar-refractivity contribution in [3.05, 3.63) is 72.6 Å². The fourth-order valence-electron chi connectivity index (χ4n) is 3.97. The molecule has 164 valence electrons. The first-order valence-corrected chi connectivity index (χ1v) is 10.9. The standard InChI is InChI=1S/C24H22N8O/c1-17-5-4-6-18(15-17)19-8-10-31(28-19)23-26-22-16-21(20-7-2-3-9-25-20)29-32(22)24(27-23)30-11-13-33-14-12-30/h2-10,15-16H,11-14H2,1H3. The second-order valence-corrected chi connectivity index (χ2v) is 7.95. The number of anilines is 1. The van der Waals surface area contributed by atoms with E-state index in [0.29, 0.717) is 30.8 Å². The average Bonchev–Trinajstić information content (AvgIpc) is 3.52. The molecule has 0 N–H and O–H groups in total. The number of benzene rings is 1. The van der Waals surface area contributed by atoms with Gasteiger partial charge in [0, 0.05) is 37.1 Å². The molecule has 1 saturated heterocycles. The Morgan fingerprint density at radius 3 is 2.58 bits per heavy atom. The fraction of sp³-hybridized carbons (Fsp3) is 0.208. The van der Waals surface area contributed by atoms with Crippen molar-refractivity contribution in [2.75, 3.05) is 31.2 Å². The van der Waals surface area contributed by atoms with Gasteiger partial charge >= 0.3 is 0 Å². The Kier molecular flexibility index (Phi) is 4.80. The van der Waals surface area contributed by atoms with E-state index in [9.17, 15) is 0 Å². The maximum Gasteiger partial charge on any atom is 0.255 e.